The maximum atomic E-state index is 13.7. The summed E-state index contributed by atoms with van der Waals surface area (Å²) in [4.78, 5) is 30.2. The van der Waals surface area contributed by atoms with Gasteiger partial charge in [-0.25, -0.2) is 8.78 Å². The summed E-state index contributed by atoms with van der Waals surface area (Å²) in [5.74, 6) is -1.76. The van der Waals surface area contributed by atoms with E-state index in [1.165, 1.54) is 41.6 Å². The molecule has 2 aromatic carbocycles. The molecule has 5 rings (SSSR count). The number of carbonyl (C=O) groups is 2. The number of amides is 2. The van der Waals surface area contributed by atoms with E-state index < -0.39 is 17.7 Å². The molecule has 1 saturated heterocycles. The van der Waals surface area contributed by atoms with Crippen LogP contribution < -0.4 is 11.1 Å². The first-order valence-corrected chi connectivity index (χ1v) is 13.8. The molecule has 1 aliphatic carbocycles. The number of rotatable bonds is 7. The van der Waals surface area contributed by atoms with Gasteiger partial charge in [0.1, 0.15) is 0 Å². The van der Waals surface area contributed by atoms with Crippen molar-refractivity contribution in [2.24, 2.45) is 11.7 Å². The average Bonchev–Trinajstić information content (AvgIpc) is 3.38. The zero-order chi connectivity index (χ0) is 27.5. The van der Waals surface area contributed by atoms with Gasteiger partial charge in [-0.15, -0.1) is 0 Å². The number of nitrogens with zero attached hydrogens (tertiary/aromatic N) is 1. The molecular formula is C31H36F2N4O2. The van der Waals surface area contributed by atoms with Crippen LogP contribution in [0, 0.1) is 24.5 Å². The molecule has 6 nitrogen and oxygen atoms in total. The van der Waals surface area contributed by atoms with Crippen LogP contribution in [0.15, 0.2) is 48.7 Å². The monoisotopic (exact) mass is 534 g/mol. The molecule has 2 heterocycles. The van der Waals surface area contributed by atoms with Gasteiger partial charge in [-0.1, -0.05) is 18.2 Å². The van der Waals surface area contributed by atoms with Crippen LogP contribution in [-0.2, 0) is 9.59 Å². The van der Waals surface area contributed by atoms with Crippen LogP contribution >= 0.6 is 0 Å². The van der Waals surface area contributed by atoms with E-state index in [1.807, 2.05) is 6.07 Å². The fraction of sp³-hybridized carbons (Fsp3) is 0.419. The molecule has 1 atom stereocenters. The second kappa shape index (κ2) is 11.7. The number of nitrogens with two attached hydrogens (primary N) is 1. The molecule has 1 unspecified atom stereocenters. The second-order valence-corrected chi connectivity index (χ2v) is 11.0. The number of hydrogen-bond donors (Lipinski definition) is 3. The van der Waals surface area contributed by atoms with Gasteiger partial charge in [-0.05, 0) is 98.2 Å². The number of aromatic amines is 1. The number of para-hydroxylation sites is 1. The SMILES string of the molecule is Cc1cc(/C=C/C(=O)N2CCC(C(N[C@H]3CC[C@H](c4c[nH]c5ccccc54)CC3)C(N)=O)CC2)cc(F)c1F. The van der Waals surface area contributed by atoms with Crippen molar-refractivity contribution in [3.63, 3.8) is 0 Å². The number of aromatic nitrogens is 1. The Morgan fingerprint density at radius 3 is 2.49 bits per heavy atom. The van der Waals surface area contributed by atoms with Crippen molar-refractivity contribution in [1.29, 1.82) is 0 Å². The number of aryl methyl sites for hydroxylation is 1. The molecule has 1 aliphatic heterocycles. The average molecular weight is 535 g/mol. The Kier molecular flexibility index (Phi) is 8.12. The smallest absolute Gasteiger partial charge is 0.246 e. The van der Waals surface area contributed by atoms with Crippen molar-refractivity contribution in [2.45, 2.75) is 63.5 Å². The van der Waals surface area contributed by atoms with Crippen molar-refractivity contribution < 1.29 is 18.4 Å². The molecule has 4 N–H and O–H groups in total. The van der Waals surface area contributed by atoms with Crippen LogP contribution in [-0.4, -0.2) is 46.9 Å². The summed E-state index contributed by atoms with van der Waals surface area (Å²) in [7, 11) is 0. The van der Waals surface area contributed by atoms with Gasteiger partial charge in [0.15, 0.2) is 11.6 Å². The number of primary amides is 1. The summed E-state index contributed by atoms with van der Waals surface area (Å²) in [5.41, 5.74) is 9.01. The summed E-state index contributed by atoms with van der Waals surface area (Å²) in [6.07, 6.45) is 10.5. The molecule has 0 spiro atoms. The summed E-state index contributed by atoms with van der Waals surface area (Å²) < 4.78 is 27.2. The van der Waals surface area contributed by atoms with Crippen LogP contribution in [0.1, 0.15) is 61.1 Å². The highest BCUT2D eigenvalue weighted by molar-refractivity contribution is 5.92. The molecule has 0 radical (unpaired) electrons. The van der Waals surface area contributed by atoms with Crippen LogP contribution in [0.25, 0.3) is 17.0 Å². The molecule has 1 saturated carbocycles. The second-order valence-electron chi connectivity index (χ2n) is 11.0. The Balaban J connectivity index is 1.13. The third kappa shape index (κ3) is 6.06. The standard InChI is InChI=1S/C31H36F2N4O2/c1-19-16-20(17-26(32)29(19)33)6-11-28(38)37-14-12-22(13-15-37)30(31(34)39)36-23-9-7-21(8-10-23)25-18-35-27-5-3-2-4-24(25)27/h2-6,11,16-18,21-23,30,35-36H,7-10,12-15H2,1H3,(H2,34,39)/b11-6+/t21-,23-,30?. The van der Waals surface area contributed by atoms with Crippen molar-refractivity contribution in [3.05, 3.63) is 77.0 Å². The van der Waals surface area contributed by atoms with E-state index in [2.05, 4.69) is 34.7 Å². The Bertz CT molecular complexity index is 1340. The lowest BCUT2D eigenvalue weighted by atomic mass is 9.80. The Labute approximate surface area is 227 Å². The van der Waals surface area contributed by atoms with E-state index in [4.69, 9.17) is 5.73 Å². The van der Waals surface area contributed by atoms with Crippen molar-refractivity contribution in [2.75, 3.05) is 13.1 Å². The van der Waals surface area contributed by atoms with Crippen molar-refractivity contribution in [1.82, 2.24) is 15.2 Å². The number of nitrogens with one attached hydrogen (secondary N) is 2. The molecule has 1 aromatic heterocycles. The minimum atomic E-state index is -0.931. The largest absolute Gasteiger partial charge is 0.368 e. The van der Waals surface area contributed by atoms with Crippen molar-refractivity contribution in [3.8, 4) is 0 Å². The van der Waals surface area contributed by atoms with Crippen molar-refractivity contribution >= 4 is 28.8 Å². The Morgan fingerprint density at radius 2 is 1.79 bits per heavy atom. The number of halogens is 2. The van der Waals surface area contributed by atoms with Gasteiger partial charge >= 0.3 is 0 Å². The first kappa shape index (κ1) is 27.1. The number of H-pyrrole nitrogens is 1. The van der Waals surface area contributed by atoms with Gasteiger partial charge in [0.25, 0.3) is 0 Å². The first-order chi connectivity index (χ1) is 18.8. The number of carbonyl (C=O) groups excluding carboxylic acids is 2. The lowest BCUT2D eigenvalue weighted by Crippen LogP contribution is -2.54. The number of hydrogen-bond acceptors (Lipinski definition) is 3. The van der Waals surface area contributed by atoms with Crippen LogP contribution in [0.3, 0.4) is 0 Å². The number of piperidine rings is 1. The van der Waals surface area contributed by atoms with E-state index in [1.54, 1.807) is 4.90 Å². The minimum Gasteiger partial charge on any atom is -0.368 e. The lowest BCUT2D eigenvalue weighted by molar-refractivity contribution is -0.128. The van der Waals surface area contributed by atoms with Crippen LogP contribution in [0.5, 0.6) is 0 Å². The summed E-state index contributed by atoms with van der Waals surface area (Å²) in [5, 5.41) is 4.86. The van der Waals surface area contributed by atoms with E-state index >= 15 is 0 Å². The number of likely N-dealkylation sites (tertiary alicyclic amines) is 1. The first-order valence-electron chi connectivity index (χ1n) is 13.8. The molecule has 39 heavy (non-hydrogen) atoms. The fourth-order valence-corrected chi connectivity index (χ4v) is 6.28. The number of benzene rings is 2. The highest BCUT2D eigenvalue weighted by atomic mass is 19.2. The molecule has 2 aliphatic rings. The molecule has 206 valence electrons. The molecule has 8 heteroatoms. The normalized spacial score (nSPS) is 21.5. The zero-order valence-electron chi connectivity index (χ0n) is 22.3. The molecule has 3 aromatic rings. The maximum Gasteiger partial charge on any atom is 0.246 e. The summed E-state index contributed by atoms with van der Waals surface area (Å²) in [6, 6.07) is 10.8. The molecule has 0 bridgehead atoms. The fourth-order valence-electron chi connectivity index (χ4n) is 6.28. The van der Waals surface area contributed by atoms with Gasteiger partial charge in [0.2, 0.25) is 11.8 Å². The van der Waals surface area contributed by atoms with E-state index in [-0.39, 0.29) is 29.3 Å². The van der Waals surface area contributed by atoms with Gasteiger partial charge in [-0.3, -0.25) is 9.59 Å². The van der Waals surface area contributed by atoms with E-state index in [9.17, 15) is 18.4 Å². The van der Waals surface area contributed by atoms with E-state index in [0.29, 0.717) is 37.4 Å². The quantitative estimate of drug-likeness (QED) is 0.365. The summed E-state index contributed by atoms with van der Waals surface area (Å²) in [6.45, 7) is 2.52. The van der Waals surface area contributed by atoms with Crippen LogP contribution in [0.4, 0.5) is 8.78 Å². The highest BCUT2D eigenvalue weighted by Gasteiger charge is 2.34. The molecule has 2 fully saturated rings. The summed E-state index contributed by atoms with van der Waals surface area (Å²) >= 11 is 0. The highest BCUT2D eigenvalue weighted by Crippen LogP contribution is 2.37. The van der Waals surface area contributed by atoms with Gasteiger partial charge in [0.05, 0.1) is 6.04 Å². The third-order valence-corrected chi connectivity index (χ3v) is 8.48. The zero-order valence-corrected chi connectivity index (χ0v) is 22.3. The predicted octanol–water partition coefficient (Wildman–Crippen LogP) is 5.18. The topological polar surface area (TPSA) is 91.2 Å². The van der Waals surface area contributed by atoms with Gasteiger partial charge in [0, 0.05) is 42.3 Å². The minimum absolute atomic E-state index is 0.0655. The van der Waals surface area contributed by atoms with E-state index in [0.717, 1.165) is 31.7 Å². The molecule has 2 amide bonds. The Morgan fingerprint density at radius 1 is 1.08 bits per heavy atom. The number of fused-ring (bicyclic) bond motifs is 1. The van der Waals surface area contributed by atoms with Gasteiger partial charge < -0.3 is 20.9 Å². The third-order valence-electron chi connectivity index (χ3n) is 8.48. The Hall–Kier alpha value is -3.52. The lowest BCUT2D eigenvalue weighted by Gasteiger charge is -2.38. The predicted molar refractivity (Wildman–Crippen MR) is 149 cm³/mol. The molecular weight excluding hydrogens is 498 g/mol. The van der Waals surface area contributed by atoms with Gasteiger partial charge in [-0.2, -0.15) is 0 Å². The van der Waals surface area contributed by atoms with Crippen LogP contribution in [0.2, 0.25) is 0 Å². The maximum absolute atomic E-state index is 13.7.